The first-order valence-corrected chi connectivity index (χ1v) is 5.34. The molecule has 0 unspecified atom stereocenters. The van der Waals surface area contributed by atoms with Crippen LogP contribution in [0.3, 0.4) is 0 Å². The minimum Gasteiger partial charge on any atom is -0.496 e. The second kappa shape index (κ2) is 6.23. The van der Waals surface area contributed by atoms with Crippen LogP contribution in [0.2, 0.25) is 0 Å². The highest BCUT2D eigenvalue weighted by atomic mass is 16.5. The average molecular weight is 224 g/mol. The molecular weight excluding hydrogens is 204 g/mol. The Morgan fingerprint density at radius 1 is 1.06 bits per heavy atom. The molecule has 0 spiro atoms. The summed E-state index contributed by atoms with van der Waals surface area (Å²) < 4.78 is 10.6. The minimum atomic E-state index is 0.842. The van der Waals surface area contributed by atoms with Crippen LogP contribution in [0, 0.1) is 6.92 Å². The van der Waals surface area contributed by atoms with E-state index in [4.69, 9.17) is 9.47 Å². The molecular formula is C12H20N2O2. The molecule has 0 saturated heterocycles. The van der Waals surface area contributed by atoms with Crippen LogP contribution in [0.5, 0.6) is 11.5 Å². The Morgan fingerprint density at radius 2 is 1.75 bits per heavy atom. The molecule has 0 aliphatic rings. The number of benzene rings is 1. The van der Waals surface area contributed by atoms with Gasteiger partial charge in [0.15, 0.2) is 0 Å². The molecule has 4 heteroatoms. The normalized spacial score (nSPS) is 10.0. The first kappa shape index (κ1) is 12.6. The number of anilines is 1. The van der Waals surface area contributed by atoms with Crippen molar-refractivity contribution in [2.75, 3.05) is 39.7 Å². The maximum Gasteiger partial charge on any atom is 0.142 e. The first-order valence-electron chi connectivity index (χ1n) is 5.34. The lowest BCUT2D eigenvalue weighted by atomic mass is 10.2. The van der Waals surface area contributed by atoms with Crippen LogP contribution >= 0.6 is 0 Å². The molecule has 0 amide bonds. The van der Waals surface area contributed by atoms with Gasteiger partial charge in [0, 0.05) is 19.2 Å². The SMILES string of the molecule is CNCCNc1cc(OC)c(C)cc1OC. The van der Waals surface area contributed by atoms with Crippen LogP contribution in [0.4, 0.5) is 5.69 Å². The van der Waals surface area contributed by atoms with Crippen molar-refractivity contribution in [2.24, 2.45) is 0 Å². The van der Waals surface area contributed by atoms with Gasteiger partial charge in [-0.25, -0.2) is 0 Å². The van der Waals surface area contributed by atoms with E-state index in [9.17, 15) is 0 Å². The zero-order valence-electron chi connectivity index (χ0n) is 10.4. The molecule has 1 aromatic rings. The van der Waals surface area contributed by atoms with Gasteiger partial charge in [-0.1, -0.05) is 0 Å². The third-order valence-electron chi connectivity index (χ3n) is 2.41. The maximum atomic E-state index is 5.32. The molecule has 1 aromatic carbocycles. The van der Waals surface area contributed by atoms with Crippen LogP contribution in [-0.2, 0) is 0 Å². The summed E-state index contributed by atoms with van der Waals surface area (Å²) in [6.45, 7) is 3.75. The number of ether oxygens (including phenoxy) is 2. The lowest BCUT2D eigenvalue weighted by Crippen LogP contribution is -2.18. The zero-order chi connectivity index (χ0) is 12.0. The zero-order valence-corrected chi connectivity index (χ0v) is 10.4. The van der Waals surface area contributed by atoms with Crippen molar-refractivity contribution in [3.63, 3.8) is 0 Å². The summed E-state index contributed by atoms with van der Waals surface area (Å²) in [5.74, 6) is 1.71. The van der Waals surface area contributed by atoms with Gasteiger partial charge in [0.2, 0.25) is 0 Å². The molecule has 90 valence electrons. The van der Waals surface area contributed by atoms with E-state index in [1.54, 1.807) is 14.2 Å². The minimum absolute atomic E-state index is 0.842. The quantitative estimate of drug-likeness (QED) is 0.721. The highest BCUT2D eigenvalue weighted by Crippen LogP contribution is 2.32. The number of rotatable bonds is 6. The predicted octanol–water partition coefficient (Wildman–Crippen LogP) is 1.64. The van der Waals surface area contributed by atoms with E-state index in [-0.39, 0.29) is 0 Å². The smallest absolute Gasteiger partial charge is 0.142 e. The average Bonchev–Trinajstić information content (AvgIpc) is 2.30. The van der Waals surface area contributed by atoms with Gasteiger partial charge in [0.1, 0.15) is 11.5 Å². The third-order valence-corrected chi connectivity index (χ3v) is 2.41. The van der Waals surface area contributed by atoms with Crippen molar-refractivity contribution in [2.45, 2.75) is 6.92 Å². The van der Waals surface area contributed by atoms with Gasteiger partial charge in [0.05, 0.1) is 19.9 Å². The number of aryl methyl sites for hydroxylation is 1. The third kappa shape index (κ3) is 3.03. The van der Waals surface area contributed by atoms with Crippen LogP contribution in [-0.4, -0.2) is 34.4 Å². The van der Waals surface area contributed by atoms with Gasteiger partial charge in [0.25, 0.3) is 0 Å². The van der Waals surface area contributed by atoms with Crippen LogP contribution < -0.4 is 20.1 Å². The number of nitrogens with one attached hydrogen (secondary N) is 2. The standard InChI is InChI=1S/C12H20N2O2/c1-9-7-12(16-4)10(8-11(9)15-3)14-6-5-13-2/h7-8,13-14H,5-6H2,1-4H3. The maximum absolute atomic E-state index is 5.32. The number of hydrogen-bond donors (Lipinski definition) is 2. The second-order valence-electron chi connectivity index (χ2n) is 3.55. The predicted molar refractivity (Wildman–Crippen MR) is 66.7 cm³/mol. The molecule has 16 heavy (non-hydrogen) atoms. The van der Waals surface area contributed by atoms with E-state index in [0.29, 0.717) is 0 Å². The summed E-state index contributed by atoms with van der Waals surface area (Å²) >= 11 is 0. The van der Waals surface area contributed by atoms with Crippen molar-refractivity contribution in [1.82, 2.24) is 5.32 Å². The number of hydrogen-bond acceptors (Lipinski definition) is 4. The van der Waals surface area contributed by atoms with Crippen molar-refractivity contribution in [3.05, 3.63) is 17.7 Å². The Hall–Kier alpha value is -1.42. The van der Waals surface area contributed by atoms with E-state index in [1.807, 2.05) is 26.1 Å². The van der Waals surface area contributed by atoms with E-state index in [1.165, 1.54) is 0 Å². The van der Waals surface area contributed by atoms with Crippen LogP contribution in [0.25, 0.3) is 0 Å². The summed E-state index contributed by atoms with van der Waals surface area (Å²) in [6, 6.07) is 3.93. The Kier molecular flexibility index (Phi) is 4.92. The van der Waals surface area contributed by atoms with E-state index < -0.39 is 0 Å². The molecule has 4 nitrogen and oxygen atoms in total. The monoisotopic (exact) mass is 224 g/mol. The largest absolute Gasteiger partial charge is 0.496 e. The van der Waals surface area contributed by atoms with E-state index in [2.05, 4.69) is 10.6 Å². The number of likely N-dealkylation sites (N-methyl/N-ethyl adjacent to an activating group) is 1. The summed E-state index contributed by atoms with van der Waals surface area (Å²) in [4.78, 5) is 0. The summed E-state index contributed by atoms with van der Waals surface area (Å²) in [7, 11) is 5.27. The van der Waals surface area contributed by atoms with Gasteiger partial charge in [-0.15, -0.1) is 0 Å². The van der Waals surface area contributed by atoms with E-state index >= 15 is 0 Å². The number of methoxy groups -OCH3 is 2. The summed E-state index contributed by atoms with van der Waals surface area (Å²) in [5, 5.41) is 6.38. The fourth-order valence-electron chi connectivity index (χ4n) is 1.51. The molecule has 0 saturated carbocycles. The lowest BCUT2D eigenvalue weighted by Gasteiger charge is -2.14. The fourth-order valence-corrected chi connectivity index (χ4v) is 1.51. The molecule has 0 heterocycles. The van der Waals surface area contributed by atoms with Gasteiger partial charge >= 0.3 is 0 Å². The summed E-state index contributed by atoms with van der Waals surface area (Å²) in [5.41, 5.74) is 2.03. The van der Waals surface area contributed by atoms with Crippen LogP contribution in [0.15, 0.2) is 12.1 Å². The van der Waals surface area contributed by atoms with Gasteiger partial charge in [-0.2, -0.15) is 0 Å². The van der Waals surface area contributed by atoms with Crippen molar-refractivity contribution in [1.29, 1.82) is 0 Å². The topological polar surface area (TPSA) is 42.5 Å². The molecule has 0 aliphatic carbocycles. The van der Waals surface area contributed by atoms with Gasteiger partial charge < -0.3 is 20.1 Å². The molecule has 2 N–H and O–H groups in total. The molecule has 0 aromatic heterocycles. The Morgan fingerprint density at radius 3 is 2.31 bits per heavy atom. The molecule has 1 rings (SSSR count). The molecule has 0 fully saturated rings. The Bertz CT molecular complexity index is 340. The lowest BCUT2D eigenvalue weighted by molar-refractivity contribution is 0.402. The molecule has 0 atom stereocenters. The summed E-state index contributed by atoms with van der Waals surface area (Å²) in [6.07, 6.45) is 0. The Balaban J connectivity index is 2.86. The highest BCUT2D eigenvalue weighted by Gasteiger charge is 2.07. The fraction of sp³-hybridized carbons (Fsp3) is 0.500. The first-order chi connectivity index (χ1) is 7.72. The second-order valence-corrected chi connectivity index (χ2v) is 3.55. The van der Waals surface area contributed by atoms with Gasteiger partial charge in [-0.3, -0.25) is 0 Å². The van der Waals surface area contributed by atoms with Gasteiger partial charge in [-0.05, 0) is 25.6 Å². The molecule has 0 aliphatic heterocycles. The van der Waals surface area contributed by atoms with Crippen molar-refractivity contribution in [3.8, 4) is 11.5 Å². The highest BCUT2D eigenvalue weighted by molar-refractivity contribution is 5.62. The van der Waals surface area contributed by atoms with Crippen LogP contribution in [0.1, 0.15) is 5.56 Å². The van der Waals surface area contributed by atoms with Crippen molar-refractivity contribution >= 4 is 5.69 Å². The Labute approximate surface area is 96.9 Å². The molecule has 0 bridgehead atoms. The van der Waals surface area contributed by atoms with E-state index in [0.717, 1.165) is 35.8 Å². The van der Waals surface area contributed by atoms with Crippen molar-refractivity contribution < 1.29 is 9.47 Å². The molecule has 0 radical (unpaired) electrons.